The lowest BCUT2D eigenvalue weighted by Gasteiger charge is -2.39. The molecule has 2 aromatic carbocycles. The maximum absolute atomic E-state index is 11.9. The van der Waals surface area contributed by atoms with E-state index in [1.807, 2.05) is 30.3 Å². The zero-order chi connectivity index (χ0) is 27.5. The highest BCUT2D eigenvalue weighted by Crippen LogP contribution is 2.30. The third kappa shape index (κ3) is 11.0. The van der Waals surface area contributed by atoms with Crippen molar-refractivity contribution in [3.63, 3.8) is 0 Å². The third-order valence-corrected chi connectivity index (χ3v) is 6.84. The van der Waals surface area contributed by atoms with Crippen molar-refractivity contribution in [1.82, 2.24) is 9.80 Å². The van der Waals surface area contributed by atoms with Crippen LogP contribution in [0.1, 0.15) is 17.2 Å². The molecule has 0 aromatic heterocycles. The number of carbonyl (C=O) groups excluding carboxylic acids is 1. The van der Waals surface area contributed by atoms with E-state index in [0.29, 0.717) is 18.2 Å². The molecule has 40 heavy (non-hydrogen) atoms. The molecular formula is C27H39Cl3N2O8. The largest absolute Gasteiger partial charge is 0.461 e. The molecule has 5 N–H and O–H groups in total. The number of rotatable bonds is 14. The monoisotopic (exact) mass is 624 g/mol. The van der Waals surface area contributed by atoms with Crippen LogP contribution in [0.15, 0.2) is 54.6 Å². The van der Waals surface area contributed by atoms with Gasteiger partial charge in [0.15, 0.2) is 0 Å². The lowest BCUT2D eigenvalue weighted by Crippen LogP contribution is -2.48. The Balaban J connectivity index is 0.00000400. The van der Waals surface area contributed by atoms with Gasteiger partial charge in [0, 0.05) is 37.7 Å². The molecule has 3 rings (SSSR count). The van der Waals surface area contributed by atoms with Crippen LogP contribution in [0.25, 0.3) is 0 Å². The van der Waals surface area contributed by atoms with Crippen LogP contribution >= 0.6 is 36.4 Å². The number of ether oxygens (including phenoxy) is 2. The van der Waals surface area contributed by atoms with Gasteiger partial charge < -0.3 is 35.0 Å². The summed E-state index contributed by atoms with van der Waals surface area (Å²) in [6.45, 7) is 2.68. The van der Waals surface area contributed by atoms with Crippen molar-refractivity contribution in [2.24, 2.45) is 0 Å². The smallest absolute Gasteiger partial charge is 0.332 e. The van der Waals surface area contributed by atoms with E-state index in [9.17, 15) is 25.2 Å². The Morgan fingerprint density at radius 3 is 2.02 bits per heavy atom. The fourth-order valence-electron chi connectivity index (χ4n) is 4.37. The standard InChI is InChI=1S/C27H37ClN2O8.2ClH/c28-21-8-6-20(7-9-21)25(19-4-2-1-3-5-19)30-12-10-29(11-13-30)14-15-37-18-24(34)38-17-23(33)27(36)26(35)22(32)16-31;;/h1-9,22-23,25-27,31-33,35-36H,10-18H2;2*1H/t22-,23+,25?,26-,27-;;/m1../s1. The van der Waals surface area contributed by atoms with Crippen LogP contribution in [0.3, 0.4) is 0 Å². The van der Waals surface area contributed by atoms with E-state index in [2.05, 4.69) is 34.1 Å². The highest BCUT2D eigenvalue weighted by atomic mass is 35.5. The molecule has 1 heterocycles. The van der Waals surface area contributed by atoms with Gasteiger partial charge in [-0.25, -0.2) is 4.79 Å². The van der Waals surface area contributed by atoms with Crippen molar-refractivity contribution in [3.8, 4) is 0 Å². The summed E-state index contributed by atoms with van der Waals surface area (Å²) in [5.41, 5.74) is 2.41. The third-order valence-electron chi connectivity index (χ3n) is 6.59. The Labute approximate surface area is 251 Å². The molecular weight excluding hydrogens is 587 g/mol. The van der Waals surface area contributed by atoms with Crippen LogP contribution < -0.4 is 0 Å². The first-order valence-corrected chi connectivity index (χ1v) is 13.0. The number of aliphatic hydroxyl groups is 5. The van der Waals surface area contributed by atoms with Gasteiger partial charge in [-0.05, 0) is 23.3 Å². The van der Waals surface area contributed by atoms with Crippen molar-refractivity contribution in [1.29, 1.82) is 0 Å². The molecule has 13 heteroatoms. The lowest BCUT2D eigenvalue weighted by atomic mass is 9.96. The summed E-state index contributed by atoms with van der Waals surface area (Å²) in [5.74, 6) is -0.730. The first-order valence-electron chi connectivity index (χ1n) is 12.6. The van der Waals surface area contributed by atoms with Gasteiger partial charge in [0.2, 0.25) is 0 Å². The molecule has 2 aromatic rings. The van der Waals surface area contributed by atoms with Crippen LogP contribution in [-0.2, 0) is 14.3 Å². The Hall–Kier alpha value is -1.54. The van der Waals surface area contributed by atoms with Crippen LogP contribution in [0.5, 0.6) is 0 Å². The van der Waals surface area contributed by atoms with Crippen LogP contribution in [0.4, 0.5) is 0 Å². The van der Waals surface area contributed by atoms with Crippen molar-refractivity contribution >= 4 is 42.4 Å². The van der Waals surface area contributed by atoms with Gasteiger partial charge in [0.05, 0.1) is 19.3 Å². The summed E-state index contributed by atoms with van der Waals surface area (Å²) in [5, 5.41) is 48.0. The minimum absolute atomic E-state index is 0. The van der Waals surface area contributed by atoms with Gasteiger partial charge in [0.1, 0.15) is 37.6 Å². The Bertz CT molecular complexity index is 968. The van der Waals surface area contributed by atoms with Crippen LogP contribution in [0, 0.1) is 0 Å². The minimum Gasteiger partial charge on any atom is -0.461 e. The van der Waals surface area contributed by atoms with Gasteiger partial charge >= 0.3 is 5.97 Å². The SMILES string of the molecule is Cl.Cl.O=C(COCCN1CCN(C(c2ccccc2)c2ccc(Cl)cc2)CC1)OC[C@H](O)[C@@H](O)[C@H](O)[C@H](O)CO. The Kier molecular flexibility index (Phi) is 17.2. The van der Waals surface area contributed by atoms with Gasteiger partial charge in [-0.3, -0.25) is 9.80 Å². The number of nitrogens with zero attached hydrogens (tertiary/aromatic N) is 2. The topological polar surface area (TPSA) is 143 Å². The molecule has 10 nitrogen and oxygen atoms in total. The molecule has 1 aliphatic heterocycles. The summed E-state index contributed by atoms with van der Waals surface area (Å²) in [4.78, 5) is 16.6. The van der Waals surface area contributed by atoms with E-state index in [4.69, 9.17) is 26.2 Å². The minimum atomic E-state index is -1.79. The molecule has 0 amide bonds. The highest BCUT2D eigenvalue weighted by molar-refractivity contribution is 6.30. The fourth-order valence-corrected chi connectivity index (χ4v) is 4.50. The van der Waals surface area contributed by atoms with E-state index in [0.717, 1.165) is 26.2 Å². The molecule has 0 saturated carbocycles. The Morgan fingerprint density at radius 2 is 1.43 bits per heavy atom. The molecule has 0 spiro atoms. The molecule has 0 aliphatic carbocycles. The fraction of sp³-hybridized carbons (Fsp3) is 0.519. The average Bonchev–Trinajstić information content (AvgIpc) is 2.95. The van der Waals surface area contributed by atoms with E-state index >= 15 is 0 Å². The van der Waals surface area contributed by atoms with Gasteiger partial charge in [-0.2, -0.15) is 0 Å². The quantitative estimate of drug-likeness (QED) is 0.152. The molecule has 1 saturated heterocycles. The van der Waals surface area contributed by atoms with Gasteiger partial charge in [-0.1, -0.05) is 54.1 Å². The number of esters is 1. The number of piperazine rings is 1. The maximum Gasteiger partial charge on any atom is 0.332 e. The molecule has 0 radical (unpaired) electrons. The number of halogens is 3. The summed E-state index contributed by atoms with van der Waals surface area (Å²) >= 11 is 6.11. The van der Waals surface area contributed by atoms with Crippen molar-refractivity contribution in [2.75, 3.05) is 59.2 Å². The first-order chi connectivity index (χ1) is 18.3. The summed E-state index contributed by atoms with van der Waals surface area (Å²) < 4.78 is 10.3. The van der Waals surface area contributed by atoms with Crippen LogP contribution in [0.2, 0.25) is 5.02 Å². The lowest BCUT2D eigenvalue weighted by molar-refractivity contribution is -0.160. The molecule has 5 atom stereocenters. The second-order valence-electron chi connectivity index (χ2n) is 9.28. The number of hydrogen-bond donors (Lipinski definition) is 5. The second kappa shape index (κ2) is 18.8. The normalized spacial score (nSPS) is 17.9. The number of aliphatic hydroxyl groups excluding tert-OH is 5. The average molecular weight is 626 g/mol. The van der Waals surface area contributed by atoms with Crippen LogP contribution in [-0.4, -0.2) is 125 Å². The van der Waals surface area contributed by atoms with E-state index in [1.165, 1.54) is 11.1 Å². The maximum atomic E-state index is 11.9. The summed E-state index contributed by atoms with van der Waals surface area (Å²) in [6.07, 6.45) is -6.81. The molecule has 226 valence electrons. The summed E-state index contributed by atoms with van der Waals surface area (Å²) in [6, 6.07) is 18.5. The zero-order valence-electron chi connectivity index (χ0n) is 22.0. The number of benzene rings is 2. The first kappa shape index (κ1) is 36.5. The van der Waals surface area contributed by atoms with E-state index in [1.54, 1.807) is 0 Å². The second-order valence-corrected chi connectivity index (χ2v) is 9.71. The molecule has 0 bridgehead atoms. The number of carbonyl (C=O) groups is 1. The van der Waals surface area contributed by atoms with Crippen molar-refractivity contribution in [2.45, 2.75) is 30.5 Å². The molecule has 1 aliphatic rings. The van der Waals surface area contributed by atoms with Crippen molar-refractivity contribution in [3.05, 3.63) is 70.7 Å². The zero-order valence-corrected chi connectivity index (χ0v) is 24.4. The Morgan fingerprint density at radius 1 is 0.850 bits per heavy atom. The van der Waals surface area contributed by atoms with E-state index < -0.39 is 43.6 Å². The predicted octanol–water partition coefficient (Wildman–Crippen LogP) is 0.886. The predicted molar refractivity (Wildman–Crippen MR) is 155 cm³/mol. The van der Waals surface area contributed by atoms with E-state index in [-0.39, 0.29) is 37.5 Å². The molecule has 1 unspecified atom stereocenters. The van der Waals surface area contributed by atoms with Gasteiger partial charge in [-0.15, -0.1) is 24.8 Å². The number of hydrogen-bond acceptors (Lipinski definition) is 10. The molecule has 1 fully saturated rings. The summed E-state index contributed by atoms with van der Waals surface area (Å²) in [7, 11) is 0. The van der Waals surface area contributed by atoms with Gasteiger partial charge in [0.25, 0.3) is 0 Å². The van der Waals surface area contributed by atoms with Crippen molar-refractivity contribution < 1.29 is 39.8 Å². The highest BCUT2D eigenvalue weighted by Gasteiger charge is 2.31.